The molecule has 3 nitrogen and oxygen atoms in total. The van der Waals surface area contributed by atoms with Gasteiger partial charge in [-0.25, -0.2) is 4.39 Å². The van der Waals surface area contributed by atoms with E-state index < -0.39 is 0 Å². The van der Waals surface area contributed by atoms with Gasteiger partial charge in [0, 0.05) is 13.2 Å². The molecule has 0 fully saturated rings. The molecule has 18 heavy (non-hydrogen) atoms. The van der Waals surface area contributed by atoms with Gasteiger partial charge in [0.2, 0.25) is 0 Å². The van der Waals surface area contributed by atoms with Crippen LogP contribution in [-0.2, 0) is 15.9 Å². The van der Waals surface area contributed by atoms with Gasteiger partial charge in [-0.15, -0.1) is 0 Å². The fourth-order valence-electron chi connectivity index (χ4n) is 1.58. The summed E-state index contributed by atoms with van der Waals surface area (Å²) in [5.41, 5.74) is 0.935. The van der Waals surface area contributed by atoms with Crippen molar-refractivity contribution in [1.29, 1.82) is 0 Å². The average molecular weight is 320 g/mol. The van der Waals surface area contributed by atoms with Gasteiger partial charge in [0.1, 0.15) is 5.82 Å². The van der Waals surface area contributed by atoms with E-state index in [9.17, 15) is 4.39 Å². The van der Waals surface area contributed by atoms with E-state index in [1.165, 1.54) is 6.07 Å². The van der Waals surface area contributed by atoms with Crippen molar-refractivity contribution >= 4 is 15.9 Å². The Bertz CT molecular complexity index is 363. The molecule has 102 valence electrons. The summed E-state index contributed by atoms with van der Waals surface area (Å²) in [5, 5.41) is 3.17. The van der Waals surface area contributed by atoms with Gasteiger partial charge < -0.3 is 14.8 Å². The van der Waals surface area contributed by atoms with Crippen molar-refractivity contribution in [2.75, 3.05) is 34.0 Å². The van der Waals surface area contributed by atoms with Crippen molar-refractivity contribution in [3.05, 3.63) is 34.1 Å². The second-order valence-electron chi connectivity index (χ2n) is 3.97. The Morgan fingerprint density at radius 1 is 1.39 bits per heavy atom. The Hall–Kier alpha value is -0.490. The first-order chi connectivity index (χ1) is 8.69. The zero-order valence-corrected chi connectivity index (χ0v) is 12.3. The van der Waals surface area contributed by atoms with Gasteiger partial charge in [-0.1, -0.05) is 12.1 Å². The molecule has 0 heterocycles. The van der Waals surface area contributed by atoms with E-state index >= 15 is 0 Å². The van der Waals surface area contributed by atoms with Crippen LogP contribution in [0.5, 0.6) is 0 Å². The number of rotatable bonds is 8. The molecule has 0 bridgehead atoms. The molecular weight excluding hydrogens is 301 g/mol. The molecule has 1 aromatic rings. The highest BCUT2D eigenvalue weighted by Crippen LogP contribution is 2.21. The number of benzene rings is 1. The predicted molar refractivity (Wildman–Crippen MR) is 73.3 cm³/mol. The van der Waals surface area contributed by atoms with Crippen molar-refractivity contribution in [2.24, 2.45) is 0 Å². The van der Waals surface area contributed by atoms with Crippen LogP contribution in [0.1, 0.15) is 5.56 Å². The summed E-state index contributed by atoms with van der Waals surface area (Å²) >= 11 is 3.27. The molecule has 1 aromatic carbocycles. The van der Waals surface area contributed by atoms with Gasteiger partial charge in [0.15, 0.2) is 0 Å². The third-order valence-corrected chi connectivity index (χ3v) is 3.55. The number of halogens is 2. The smallest absolute Gasteiger partial charge is 0.137 e. The minimum absolute atomic E-state index is 0.153. The van der Waals surface area contributed by atoms with Crippen molar-refractivity contribution in [1.82, 2.24) is 5.32 Å². The van der Waals surface area contributed by atoms with E-state index in [0.29, 0.717) is 30.7 Å². The standard InChI is InChI=1S/C13H19BrFNO2/c1-16-11(9-18-7-6-17-2)8-10-4-3-5-12(15)13(10)14/h3-5,11,16H,6-9H2,1-2H3. The SMILES string of the molecule is CNC(COCCOC)Cc1cccc(F)c1Br. The van der Waals surface area contributed by atoms with Crippen LogP contribution in [-0.4, -0.2) is 40.0 Å². The monoisotopic (exact) mass is 319 g/mol. The average Bonchev–Trinajstić information content (AvgIpc) is 2.38. The molecule has 0 saturated heterocycles. The number of ether oxygens (including phenoxy) is 2. The lowest BCUT2D eigenvalue weighted by molar-refractivity contribution is 0.0597. The van der Waals surface area contributed by atoms with Crippen LogP contribution >= 0.6 is 15.9 Å². The third kappa shape index (κ3) is 5.02. The molecule has 0 aromatic heterocycles. The highest BCUT2D eigenvalue weighted by atomic mass is 79.9. The maximum absolute atomic E-state index is 13.4. The van der Waals surface area contributed by atoms with E-state index in [4.69, 9.17) is 9.47 Å². The first-order valence-corrected chi connectivity index (χ1v) is 6.65. The van der Waals surface area contributed by atoms with E-state index in [2.05, 4.69) is 21.2 Å². The largest absolute Gasteiger partial charge is 0.382 e. The Morgan fingerprint density at radius 3 is 2.83 bits per heavy atom. The Balaban J connectivity index is 2.49. The maximum atomic E-state index is 13.4. The molecule has 1 rings (SSSR count). The summed E-state index contributed by atoms with van der Waals surface area (Å²) in [6.07, 6.45) is 0.710. The molecule has 1 unspecified atom stereocenters. The van der Waals surface area contributed by atoms with Gasteiger partial charge >= 0.3 is 0 Å². The molecule has 0 aliphatic carbocycles. The summed E-state index contributed by atoms with van der Waals surface area (Å²) in [6, 6.07) is 5.22. The lowest BCUT2D eigenvalue weighted by Crippen LogP contribution is -2.33. The molecule has 0 spiro atoms. The van der Waals surface area contributed by atoms with Gasteiger partial charge in [-0.3, -0.25) is 0 Å². The summed E-state index contributed by atoms with van der Waals surface area (Å²) in [7, 11) is 3.51. The minimum atomic E-state index is -0.234. The lowest BCUT2D eigenvalue weighted by Gasteiger charge is -2.17. The van der Waals surface area contributed by atoms with Crippen molar-refractivity contribution in [3.8, 4) is 0 Å². The lowest BCUT2D eigenvalue weighted by atomic mass is 10.1. The number of nitrogens with one attached hydrogen (secondary N) is 1. The van der Waals surface area contributed by atoms with Crippen LogP contribution < -0.4 is 5.32 Å². The van der Waals surface area contributed by atoms with E-state index in [-0.39, 0.29) is 11.9 Å². The number of hydrogen-bond acceptors (Lipinski definition) is 3. The highest BCUT2D eigenvalue weighted by Gasteiger charge is 2.11. The van der Waals surface area contributed by atoms with Crippen molar-refractivity contribution in [2.45, 2.75) is 12.5 Å². The van der Waals surface area contributed by atoms with E-state index in [0.717, 1.165) is 5.56 Å². The van der Waals surface area contributed by atoms with Crippen LogP contribution in [0, 0.1) is 5.82 Å². The topological polar surface area (TPSA) is 30.5 Å². The fraction of sp³-hybridized carbons (Fsp3) is 0.538. The van der Waals surface area contributed by atoms with Crippen LogP contribution in [0.25, 0.3) is 0 Å². The van der Waals surface area contributed by atoms with Gasteiger partial charge in [-0.05, 0) is 41.0 Å². The molecule has 1 atom stereocenters. The van der Waals surface area contributed by atoms with Gasteiger partial charge in [0.05, 0.1) is 24.3 Å². The van der Waals surface area contributed by atoms with Crippen LogP contribution in [0.4, 0.5) is 4.39 Å². The molecule has 5 heteroatoms. The molecule has 0 saturated carbocycles. The summed E-state index contributed by atoms with van der Waals surface area (Å²) < 4.78 is 24.3. The summed E-state index contributed by atoms with van der Waals surface area (Å²) in [4.78, 5) is 0. The van der Waals surface area contributed by atoms with Gasteiger partial charge in [0.25, 0.3) is 0 Å². The summed E-state index contributed by atoms with van der Waals surface area (Å²) in [6.45, 7) is 1.72. The first-order valence-electron chi connectivity index (χ1n) is 5.85. The van der Waals surface area contributed by atoms with Crippen molar-refractivity contribution in [3.63, 3.8) is 0 Å². The number of methoxy groups -OCH3 is 1. The second-order valence-corrected chi connectivity index (χ2v) is 4.76. The van der Waals surface area contributed by atoms with Crippen molar-refractivity contribution < 1.29 is 13.9 Å². The molecule has 0 radical (unpaired) electrons. The van der Waals surface area contributed by atoms with Crippen LogP contribution in [0.3, 0.4) is 0 Å². The van der Waals surface area contributed by atoms with Crippen LogP contribution in [0.2, 0.25) is 0 Å². The molecular formula is C13H19BrFNO2. The Kier molecular flexibility index (Phi) is 7.42. The zero-order chi connectivity index (χ0) is 13.4. The maximum Gasteiger partial charge on any atom is 0.137 e. The quantitative estimate of drug-likeness (QED) is 0.746. The van der Waals surface area contributed by atoms with E-state index in [1.807, 2.05) is 13.1 Å². The molecule has 0 amide bonds. The first kappa shape index (κ1) is 15.6. The Labute approximate surface area is 116 Å². The number of likely N-dealkylation sites (N-methyl/N-ethyl adjacent to an activating group) is 1. The predicted octanol–water partition coefficient (Wildman–Crippen LogP) is 2.38. The highest BCUT2D eigenvalue weighted by molar-refractivity contribution is 9.10. The zero-order valence-electron chi connectivity index (χ0n) is 10.7. The van der Waals surface area contributed by atoms with Gasteiger partial charge in [-0.2, -0.15) is 0 Å². The fourth-order valence-corrected chi connectivity index (χ4v) is 2.01. The van der Waals surface area contributed by atoms with E-state index in [1.54, 1.807) is 13.2 Å². The Morgan fingerprint density at radius 2 is 2.17 bits per heavy atom. The molecule has 0 aliphatic heterocycles. The minimum Gasteiger partial charge on any atom is -0.382 e. The normalized spacial score (nSPS) is 12.7. The summed E-state index contributed by atoms with van der Waals surface area (Å²) in [5.74, 6) is -0.234. The molecule has 1 N–H and O–H groups in total. The number of hydrogen-bond donors (Lipinski definition) is 1. The third-order valence-electron chi connectivity index (χ3n) is 2.66. The van der Waals surface area contributed by atoms with Crippen LogP contribution in [0.15, 0.2) is 22.7 Å². The second kappa shape index (κ2) is 8.58. The molecule has 0 aliphatic rings.